The molecule has 0 bridgehead atoms. The van der Waals surface area contributed by atoms with Crippen LogP contribution in [0.5, 0.6) is 0 Å². The quantitative estimate of drug-likeness (QED) is 0.920. The van der Waals surface area contributed by atoms with E-state index in [1.165, 1.54) is 5.56 Å². The standard InChI is InChI=1S/C19H27N3O/c23-19(22-13-17-9-20-10-18(17)14-22)16-7-4-8-21(12-16)11-15-5-2-1-3-6-15/h1-3,5-6,16-18,20H,4,7-14H2/t16?,17-,18+. The Kier molecular flexibility index (Phi) is 4.36. The van der Waals surface area contributed by atoms with Crippen LogP contribution in [-0.4, -0.2) is 55.0 Å². The Morgan fingerprint density at radius 3 is 2.57 bits per heavy atom. The highest BCUT2D eigenvalue weighted by Crippen LogP contribution is 2.29. The number of nitrogens with zero attached hydrogens (tertiary/aromatic N) is 2. The summed E-state index contributed by atoms with van der Waals surface area (Å²) in [4.78, 5) is 17.5. The highest BCUT2D eigenvalue weighted by Gasteiger charge is 2.40. The molecule has 4 heteroatoms. The molecule has 3 fully saturated rings. The molecule has 1 unspecified atom stereocenters. The Hall–Kier alpha value is -1.39. The number of benzene rings is 1. The number of carbonyl (C=O) groups is 1. The first-order chi connectivity index (χ1) is 11.3. The lowest BCUT2D eigenvalue weighted by atomic mass is 9.96. The van der Waals surface area contributed by atoms with Gasteiger partial charge in [0.05, 0.1) is 5.92 Å². The summed E-state index contributed by atoms with van der Waals surface area (Å²) in [7, 11) is 0. The van der Waals surface area contributed by atoms with Crippen LogP contribution in [0.25, 0.3) is 0 Å². The molecular formula is C19H27N3O. The van der Waals surface area contributed by atoms with Gasteiger partial charge in [0.2, 0.25) is 5.91 Å². The maximum atomic E-state index is 12.9. The molecule has 3 aliphatic rings. The van der Waals surface area contributed by atoms with E-state index in [0.717, 1.165) is 58.7 Å². The summed E-state index contributed by atoms with van der Waals surface area (Å²) in [5.41, 5.74) is 1.35. The molecule has 1 aromatic carbocycles. The van der Waals surface area contributed by atoms with Gasteiger partial charge in [-0.15, -0.1) is 0 Å². The molecule has 124 valence electrons. The molecule has 1 amide bonds. The molecule has 4 rings (SSSR count). The van der Waals surface area contributed by atoms with Crippen LogP contribution in [0.4, 0.5) is 0 Å². The topological polar surface area (TPSA) is 35.6 Å². The van der Waals surface area contributed by atoms with Crippen molar-refractivity contribution in [3.8, 4) is 0 Å². The zero-order valence-electron chi connectivity index (χ0n) is 13.8. The number of likely N-dealkylation sites (tertiary alicyclic amines) is 2. The third-order valence-electron chi connectivity index (χ3n) is 5.80. The summed E-state index contributed by atoms with van der Waals surface area (Å²) < 4.78 is 0. The van der Waals surface area contributed by atoms with E-state index in [-0.39, 0.29) is 5.92 Å². The molecule has 0 aliphatic carbocycles. The highest BCUT2D eigenvalue weighted by molar-refractivity contribution is 5.79. The van der Waals surface area contributed by atoms with Crippen LogP contribution in [-0.2, 0) is 11.3 Å². The summed E-state index contributed by atoms with van der Waals surface area (Å²) in [6, 6.07) is 10.6. The average molecular weight is 313 g/mol. The molecule has 1 N–H and O–H groups in total. The first-order valence-corrected chi connectivity index (χ1v) is 9.05. The molecular weight excluding hydrogens is 286 g/mol. The Bertz CT molecular complexity index is 535. The van der Waals surface area contributed by atoms with Crippen LogP contribution in [0.3, 0.4) is 0 Å². The van der Waals surface area contributed by atoms with E-state index in [2.05, 4.69) is 45.4 Å². The van der Waals surface area contributed by atoms with Crippen molar-refractivity contribution >= 4 is 5.91 Å². The molecule has 3 aliphatic heterocycles. The van der Waals surface area contributed by atoms with E-state index in [1.807, 2.05) is 0 Å². The van der Waals surface area contributed by atoms with E-state index in [1.54, 1.807) is 0 Å². The third-order valence-corrected chi connectivity index (χ3v) is 5.80. The number of fused-ring (bicyclic) bond motifs is 1. The largest absolute Gasteiger partial charge is 0.342 e. The first kappa shape index (κ1) is 15.2. The summed E-state index contributed by atoms with van der Waals surface area (Å²) in [6.07, 6.45) is 2.21. The predicted octanol–water partition coefficient (Wildman–Crippen LogP) is 1.58. The molecule has 0 saturated carbocycles. The highest BCUT2D eigenvalue weighted by atomic mass is 16.2. The molecule has 0 spiro atoms. The number of hydrogen-bond acceptors (Lipinski definition) is 3. The van der Waals surface area contributed by atoms with Crippen LogP contribution in [0.1, 0.15) is 18.4 Å². The Labute approximate surface area is 138 Å². The van der Waals surface area contributed by atoms with Gasteiger partial charge < -0.3 is 10.2 Å². The SMILES string of the molecule is O=C(C1CCCN(Cc2ccccc2)C1)N1C[C@H]2CNC[C@H]2C1. The molecule has 1 aromatic rings. The van der Waals surface area contributed by atoms with Crippen molar-refractivity contribution in [2.45, 2.75) is 19.4 Å². The van der Waals surface area contributed by atoms with E-state index >= 15 is 0 Å². The van der Waals surface area contributed by atoms with Crippen LogP contribution in [0.15, 0.2) is 30.3 Å². The monoisotopic (exact) mass is 313 g/mol. The van der Waals surface area contributed by atoms with Crippen LogP contribution in [0, 0.1) is 17.8 Å². The molecule has 0 radical (unpaired) electrons. The average Bonchev–Trinajstić information content (AvgIpc) is 3.17. The lowest BCUT2D eigenvalue weighted by molar-refractivity contribution is -0.136. The fourth-order valence-electron chi connectivity index (χ4n) is 4.54. The number of nitrogens with one attached hydrogen (secondary N) is 1. The predicted molar refractivity (Wildman–Crippen MR) is 90.9 cm³/mol. The molecule has 3 atom stereocenters. The second-order valence-corrected chi connectivity index (χ2v) is 7.48. The van der Waals surface area contributed by atoms with E-state index in [0.29, 0.717) is 17.7 Å². The van der Waals surface area contributed by atoms with Gasteiger partial charge in [0, 0.05) is 39.3 Å². The smallest absolute Gasteiger partial charge is 0.226 e. The fraction of sp³-hybridized carbons (Fsp3) is 0.632. The Morgan fingerprint density at radius 2 is 1.83 bits per heavy atom. The zero-order valence-corrected chi connectivity index (χ0v) is 13.8. The van der Waals surface area contributed by atoms with Crippen molar-refractivity contribution in [3.63, 3.8) is 0 Å². The summed E-state index contributed by atoms with van der Waals surface area (Å²) in [5, 5.41) is 3.45. The minimum absolute atomic E-state index is 0.208. The van der Waals surface area contributed by atoms with Crippen molar-refractivity contribution in [2.75, 3.05) is 39.3 Å². The van der Waals surface area contributed by atoms with Crippen LogP contribution < -0.4 is 5.32 Å². The van der Waals surface area contributed by atoms with Gasteiger partial charge in [-0.25, -0.2) is 0 Å². The lowest BCUT2D eigenvalue weighted by Crippen LogP contribution is -2.44. The van der Waals surface area contributed by atoms with Crippen molar-refractivity contribution in [1.29, 1.82) is 0 Å². The minimum Gasteiger partial charge on any atom is -0.342 e. The molecule has 23 heavy (non-hydrogen) atoms. The van der Waals surface area contributed by atoms with Gasteiger partial charge in [0.1, 0.15) is 0 Å². The second-order valence-electron chi connectivity index (χ2n) is 7.48. The molecule has 3 heterocycles. The van der Waals surface area contributed by atoms with Crippen molar-refractivity contribution in [1.82, 2.24) is 15.1 Å². The zero-order chi connectivity index (χ0) is 15.6. The minimum atomic E-state index is 0.208. The van der Waals surface area contributed by atoms with Gasteiger partial charge in [-0.3, -0.25) is 9.69 Å². The molecule has 3 saturated heterocycles. The summed E-state index contributed by atoms with van der Waals surface area (Å²) in [5.74, 6) is 2.02. The van der Waals surface area contributed by atoms with Gasteiger partial charge in [-0.1, -0.05) is 30.3 Å². The maximum absolute atomic E-state index is 12.9. The molecule has 0 aromatic heterocycles. The van der Waals surface area contributed by atoms with Crippen molar-refractivity contribution in [3.05, 3.63) is 35.9 Å². The Morgan fingerprint density at radius 1 is 1.09 bits per heavy atom. The van der Waals surface area contributed by atoms with Gasteiger partial charge in [0.25, 0.3) is 0 Å². The third kappa shape index (κ3) is 3.29. The molecule has 4 nitrogen and oxygen atoms in total. The van der Waals surface area contributed by atoms with E-state index < -0.39 is 0 Å². The normalized spacial score (nSPS) is 31.3. The van der Waals surface area contributed by atoms with E-state index in [9.17, 15) is 4.79 Å². The van der Waals surface area contributed by atoms with Crippen molar-refractivity contribution in [2.24, 2.45) is 17.8 Å². The van der Waals surface area contributed by atoms with Gasteiger partial charge in [-0.2, -0.15) is 0 Å². The first-order valence-electron chi connectivity index (χ1n) is 9.05. The number of carbonyl (C=O) groups excluding carboxylic acids is 1. The van der Waals surface area contributed by atoms with Gasteiger partial charge >= 0.3 is 0 Å². The summed E-state index contributed by atoms with van der Waals surface area (Å²) in [6.45, 7) is 7.17. The van der Waals surface area contributed by atoms with Crippen LogP contribution in [0.2, 0.25) is 0 Å². The number of hydrogen-bond donors (Lipinski definition) is 1. The van der Waals surface area contributed by atoms with Crippen molar-refractivity contribution < 1.29 is 4.79 Å². The number of rotatable bonds is 3. The fourth-order valence-corrected chi connectivity index (χ4v) is 4.54. The second kappa shape index (κ2) is 6.62. The Balaban J connectivity index is 1.34. The number of amides is 1. The van der Waals surface area contributed by atoms with Crippen LogP contribution >= 0.6 is 0 Å². The van der Waals surface area contributed by atoms with Gasteiger partial charge in [0.15, 0.2) is 0 Å². The number of piperidine rings is 1. The lowest BCUT2D eigenvalue weighted by Gasteiger charge is -2.34. The summed E-state index contributed by atoms with van der Waals surface area (Å²) >= 11 is 0. The van der Waals surface area contributed by atoms with Gasteiger partial charge in [-0.05, 0) is 36.8 Å². The maximum Gasteiger partial charge on any atom is 0.226 e. The van der Waals surface area contributed by atoms with E-state index in [4.69, 9.17) is 0 Å².